The number of methoxy groups -OCH3 is 1. The number of hydrogen-bond acceptors (Lipinski definition) is 2. The van der Waals surface area contributed by atoms with Crippen LogP contribution in [0.3, 0.4) is 0 Å². The second-order valence-corrected chi connectivity index (χ2v) is 5.35. The lowest BCUT2D eigenvalue weighted by atomic mass is 10.0. The van der Waals surface area contributed by atoms with Crippen LogP contribution in [0.1, 0.15) is 0 Å². The van der Waals surface area contributed by atoms with Crippen molar-refractivity contribution in [3.8, 4) is 22.6 Å². The van der Waals surface area contributed by atoms with Crippen LogP contribution in [0.25, 0.3) is 27.8 Å². The van der Waals surface area contributed by atoms with E-state index in [9.17, 15) is 0 Å². The third kappa shape index (κ3) is 2.36. The maximum Gasteiger partial charge on any atom is 0.126 e. The zero-order valence-electron chi connectivity index (χ0n) is 12.8. The van der Waals surface area contributed by atoms with Gasteiger partial charge >= 0.3 is 0 Å². The molecule has 0 saturated heterocycles. The lowest BCUT2D eigenvalue weighted by Crippen LogP contribution is -1.93. The number of benzene rings is 3. The molecule has 3 aromatic carbocycles. The molecule has 23 heavy (non-hydrogen) atoms. The fraction of sp³-hybridized carbons (Fsp3) is 0.0500. The molecule has 112 valence electrons. The van der Waals surface area contributed by atoms with Crippen molar-refractivity contribution in [1.82, 2.24) is 9.55 Å². The molecule has 0 N–H and O–H groups in total. The zero-order valence-corrected chi connectivity index (χ0v) is 12.8. The molecule has 0 saturated carbocycles. The Kier molecular flexibility index (Phi) is 3.31. The Morgan fingerprint density at radius 2 is 1.70 bits per heavy atom. The molecule has 0 fully saturated rings. The summed E-state index contributed by atoms with van der Waals surface area (Å²) < 4.78 is 7.59. The standard InChI is InChI=1S/C20H16N2O/c1-23-20-12-5-2-9-17(20)15-7-6-8-16(13-15)22-14-21-18-10-3-4-11-19(18)22/h2-14H,1H3. The molecule has 0 bridgehead atoms. The number of fused-ring (bicyclic) bond motifs is 1. The van der Waals surface area contributed by atoms with Crippen molar-refractivity contribution in [2.75, 3.05) is 7.11 Å². The number of aromatic nitrogens is 2. The van der Waals surface area contributed by atoms with Crippen LogP contribution in [-0.4, -0.2) is 16.7 Å². The minimum absolute atomic E-state index is 0.875. The van der Waals surface area contributed by atoms with Gasteiger partial charge < -0.3 is 4.74 Å². The summed E-state index contributed by atoms with van der Waals surface area (Å²) in [6.07, 6.45) is 1.87. The Morgan fingerprint density at radius 1 is 0.870 bits per heavy atom. The van der Waals surface area contributed by atoms with Crippen LogP contribution < -0.4 is 4.74 Å². The minimum atomic E-state index is 0.875. The second-order valence-electron chi connectivity index (χ2n) is 5.35. The molecule has 0 aliphatic carbocycles. The van der Waals surface area contributed by atoms with Gasteiger partial charge in [0.05, 0.1) is 18.1 Å². The second kappa shape index (κ2) is 5.61. The van der Waals surface area contributed by atoms with Crippen LogP contribution in [0, 0.1) is 0 Å². The quantitative estimate of drug-likeness (QED) is 0.548. The average Bonchev–Trinajstić information content (AvgIpc) is 3.06. The highest BCUT2D eigenvalue weighted by molar-refractivity contribution is 5.78. The number of hydrogen-bond donors (Lipinski definition) is 0. The maximum absolute atomic E-state index is 5.48. The van der Waals surface area contributed by atoms with Gasteiger partial charge in [0.1, 0.15) is 12.1 Å². The average molecular weight is 300 g/mol. The van der Waals surface area contributed by atoms with Crippen LogP contribution in [0.15, 0.2) is 79.1 Å². The van der Waals surface area contributed by atoms with Crippen molar-refractivity contribution >= 4 is 11.0 Å². The number of rotatable bonds is 3. The first-order valence-electron chi connectivity index (χ1n) is 7.53. The Morgan fingerprint density at radius 3 is 2.61 bits per heavy atom. The van der Waals surface area contributed by atoms with E-state index in [-0.39, 0.29) is 0 Å². The van der Waals surface area contributed by atoms with Crippen molar-refractivity contribution < 1.29 is 4.74 Å². The number of ether oxygens (including phenoxy) is 1. The van der Waals surface area contributed by atoms with Gasteiger partial charge in [0, 0.05) is 11.3 Å². The number of para-hydroxylation sites is 3. The van der Waals surface area contributed by atoms with Gasteiger partial charge in [-0.3, -0.25) is 4.57 Å². The molecule has 0 spiro atoms. The maximum atomic E-state index is 5.48. The molecule has 0 amide bonds. The molecular formula is C20H16N2O. The van der Waals surface area contributed by atoms with Crippen LogP contribution >= 0.6 is 0 Å². The summed E-state index contributed by atoms with van der Waals surface area (Å²) in [5.74, 6) is 0.875. The Labute approximate surface area is 134 Å². The number of nitrogens with zero attached hydrogens (tertiary/aromatic N) is 2. The molecule has 0 radical (unpaired) electrons. The van der Waals surface area contributed by atoms with E-state index in [1.807, 2.05) is 42.7 Å². The summed E-state index contributed by atoms with van der Waals surface area (Å²) in [7, 11) is 1.70. The molecule has 0 aliphatic rings. The zero-order chi connectivity index (χ0) is 15.6. The van der Waals surface area contributed by atoms with Crippen molar-refractivity contribution in [2.24, 2.45) is 0 Å². The van der Waals surface area contributed by atoms with Crippen molar-refractivity contribution in [3.05, 3.63) is 79.1 Å². The molecular weight excluding hydrogens is 284 g/mol. The van der Waals surface area contributed by atoms with Gasteiger partial charge in [0.2, 0.25) is 0 Å². The van der Waals surface area contributed by atoms with Gasteiger partial charge in [-0.2, -0.15) is 0 Å². The highest BCUT2D eigenvalue weighted by Gasteiger charge is 2.08. The fourth-order valence-corrected chi connectivity index (χ4v) is 2.87. The van der Waals surface area contributed by atoms with Gasteiger partial charge in [-0.15, -0.1) is 0 Å². The van der Waals surface area contributed by atoms with Gasteiger partial charge in [-0.05, 0) is 35.9 Å². The molecule has 0 unspecified atom stereocenters. The first-order valence-corrected chi connectivity index (χ1v) is 7.53. The smallest absolute Gasteiger partial charge is 0.126 e. The molecule has 1 aromatic heterocycles. The summed E-state index contributed by atoms with van der Waals surface area (Å²) in [6, 6.07) is 24.6. The summed E-state index contributed by atoms with van der Waals surface area (Å²) in [4.78, 5) is 4.47. The summed E-state index contributed by atoms with van der Waals surface area (Å²) in [5, 5.41) is 0. The SMILES string of the molecule is COc1ccccc1-c1cccc(-n2cnc3ccccc32)c1. The topological polar surface area (TPSA) is 27.1 Å². The molecule has 1 heterocycles. The fourth-order valence-electron chi connectivity index (χ4n) is 2.87. The van der Waals surface area contributed by atoms with Gasteiger partial charge in [-0.1, -0.05) is 42.5 Å². The first-order chi connectivity index (χ1) is 11.4. The third-order valence-corrected chi connectivity index (χ3v) is 4.00. The molecule has 3 nitrogen and oxygen atoms in total. The molecule has 0 atom stereocenters. The van der Waals surface area contributed by atoms with Crippen LogP contribution in [-0.2, 0) is 0 Å². The van der Waals surface area contributed by atoms with Crippen LogP contribution in [0.2, 0.25) is 0 Å². The molecule has 0 aliphatic heterocycles. The minimum Gasteiger partial charge on any atom is -0.496 e. The Bertz CT molecular complexity index is 972. The van der Waals surface area contributed by atoms with Gasteiger partial charge in [0.25, 0.3) is 0 Å². The monoisotopic (exact) mass is 300 g/mol. The van der Waals surface area contributed by atoms with Crippen molar-refractivity contribution in [1.29, 1.82) is 0 Å². The summed E-state index contributed by atoms with van der Waals surface area (Å²) >= 11 is 0. The molecule has 4 rings (SSSR count). The van der Waals surface area contributed by atoms with E-state index < -0.39 is 0 Å². The van der Waals surface area contributed by atoms with Gasteiger partial charge in [-0.25, -0.2) is 4.98 Å². The largest absolute Gasteiger partial charge is 0.496 e. The Balaban J connectivity index is 1.86. The predicted octanol–water partition coefficient (Wildman–Crippen LogP) is 4.70. The van der Waals surface area contributed by atoms with E-state index >= 15 is 0 Å². The summed E-state index contributed by atoms with van der Waals surface area (Å²) in [6.45, 7) is 0. The van der Waals surface area contributed by atoms with E-state index in [0.717, 1.165) is 33.6 Å². The molecule has 3 heteroatoms. The third-order valence-electron chi connectivity index (χ3n) is 4.00. The lowest BCUT2D eigenvalue weighted by molar-refractivity contribution is 0.416. The van der Waals surface area contributed by atoms with Crippen LogP contribution in [0.4, 0.5) is 0 Å². The summed E-state index contributed by atoms with van der Waals surface area (Å²) in [5.41, 5.74) is 5.39. The van der Waals surface area contributed by atoms with E-state index in [2.05, 4.69) is 45.9 Å². The van der Waals surface area contributed by atoms with Crippen LogP contribution in [0.5, 0.6) is 5.75 Å². The van der Waals surface area contributed by atoms with Crippen molar-refractivity contribution in [3.63, 3.8) is 0 Å². The highest BCUT2D eigenvalue weighted by atomic mass is 16.5. The van der Waals surface area contributed by atoms with Gasteiger partial charge in [0.15, 0.2) is 0 Å². The van der Waals surface area contributed by atoms with E-state index in [0.29, 0.717) is 0 Å². The highest BCUT2D eigenvalue weighted by Crippen LogP contribution is 2.31. The van der Waals surface area contributed by atoms with E-state index in [1.165, 1.54) is 0 Å². The molecule has 4 aromatic rings. The first kappa shape index (κ1) is 13.6. The van der Waals surface area contributed by atoms with E-state index in [4.69, 9.17) is 4.74 Å². The lowest BCUT2D eigenvalue weighted by Gasteiger charge is -2.10. The van der Waals surface area contributed by atoms with E-state index in [1.54, 1.807) is 7.11 Å². The number of imidazole rings is 1. The van der Waals surface area contributed by atoms with Crippen molar-refractivity contribution in [2.45, 2.75) is 0 Å². The Hall–Kier alpha value is -3.07. The predicted molar refractivity (Wildman–Crippen MR) is 93.1 cm³/mol. The normalized spacial score (nSPS) is 10.8.